The van der Waals surface area contributed by atoms with Gasteiger partial charge in [-0.1, -0.05) is 30.3 Å². The molecule has 1 aliphatic rings. The Balaban J connectivity index is 1.52. The van der Waals surface area contributed by atoms with E-state index in [1.54, 1.807) is 31.2 Å². The van der Waals surface area contributed by atoms with E-state index in [0.717, 1.165) is 30.2 Å². The number of sulfonamides is 1. The summed E-state index contributed by atoms with van der Waals surface area (Å²) in [5.41, 5.74) is 2.30. The first-order valence-electron chi connectivity index (χ1n) is 11.5. The number of ether oxygens (including phenoxy) is 1. The first-order valence-corrected chi connectivity index (χ1v) is 13.0. The standard InChI is InChI=1S/C26H29N3O5S/c1-3-34-24-10-6-5-9-23(24)29-16-14-28(15-17-29)20-12-13-22(21(18-20)26(30)31)27-35(32,33)25-11-7-4-8-19(25)2/h4-13,18,27H,3,14-17H2,1-2H3,(H,30,31). The number of hydrogen-bond donors (Lipinski definition) is 2. The number of benzene rings is 3. The fourth-order valence-electron chi connectivity index (χ4n) is 4.25. The number of aryl methyl sites for hydroxylation is 1. The van der Waals surface area contributed by atoms with Crippen molar-refractivity contribution in [2.75, 3.05) is 47.3 Å². The summed E-state index contributed by atoms with van der Waals surface area (Å²) in [5, 5.41) is 9.81. The monoisotopic (exact) mass is 495 g/mol. The van der Waals surface area contributed by atoms with Gasteiger partial charge in [-0.2, -0.15) is 0 Å². The SMILES string of the molecule is CCOc1ccccc1N1CCN(c2ccc(NS(=O)(=O)c3ccccc3C)c(C(=O)O)c2)CC1. The van der Waals surface area contributed by atoms with Gasteiger partial charge in [0.15, 0.2) is 0 Å². The van der Waals surface area contributed by atoms with Gasteiger partial charge in [0, 0.05) is 31.9 Å². The molecule has 0 radical (unpaired) electrons. The maximum atomic E-state index is 12.9. The molecular weight excluding hydrogens is 466 g/mol. The molecule has 8 nitrogen and oxygen atoms in total. The lowest BCUT2D eigenvalue weighted by molar-refractivity contribution is 0.0698. The van der Waals surface area contributed by atoms with E-state index in [1.165, 1.54) is 18.2 Å². The molecule has 9 heteroatoms. The number of hydrogen-bond acceptors (Lipinski definition) is 6. The summed E-state index contributed by atoms with van der Waals surface area (Å²) in [4.78, 5) is 16.5. The van der Waals surface area contributed by atoms with E-state index in [9.17, 15) is 18.3 Å². The molecule has 0 unspecified atom stereocenters. The predicted octanol–water partition coefficient (Wildman–Crippen LogP) is 4.22. The number of piperazine rings is 1. The van der Waals surface area contributed by atoms with Crippen LogP contribution in [0.15, 0.2) is 71.6 Å². The van der Waals surface area contributed by atoms with Crippen molar-refractivity contribution in [1.29, 1.82) is 0 Å². The van der Waals surface area contributed by atoms with Crippen LogP contribution in [-0.4, -0.2) is 52.3 Å². The number of nitrogens with one attached hydrogen (secondary N) is 1. The molecule has 0 aromatic heterocycles. The molecule has 1 saturated heterocycles. The van der Waals surface area contributed by atoms with Crippen molar-refractivity contribution in [3.05, 3.63) is 77.9 Å². The molecule has 0 atom stereocenters. The van der Waals surface area contributed by atoms with E-state index in [2.05, 4.69) is 14.5 Å². The van der Waals surface area contributed by atoms with Crippen LogP contribution in [0.25, 0.3) is 0 Å². The lowest BCUT2D eigenvalue weighted by Crippen LogP contribution is -2.46. The van der Waals surface area contributed by atoms with Crippen molar-refractivity contribution >= 4 is 33.1 Å². The molecule has 4 rings (SSSR count). The molecule has 184 valence electrons. The molecule has 1 fully saturated rings. The van der Waals surface area contributed by atoms with Gasteiger partial charge in [0.1, 0.15) is 5.75 Å². The second kappa shape index (κ2) is 10.3. The maximum absolute atomic E-state index is 12.9. The molecule has 1 heterocycles. The minimum Gasteiger partial charge on any atom is -0.492 e. The first kappa shape index (κ1) is 24.4. The van der Waals surface area contributed by atoms with Crippen LogP contribution in [-0.2, 0) is 10.0 Å². The van der Waals surface area contributed by atoms with Gasteiger partial charge in [-0.3, -0.25) is 4.72 Å². The van der Waals surface area contributed by atoms with Crippen molar-refractivity contribution in [2.45, 2.75) is 18.7 Å². The summed E-state index contributed by atoms with van der Waals surface area (Å²) in [5.74, 6) is -0.347. The summed E-state index contributed by atoms with van der Waals surface area (Å²) < 4.78 is 34.0. The summed E-state index contributed by atoms with van der Waals surface area (Å²) in [6, 6.07) is 19.3. The van der Waals surface area contributed by atoms with E-state index >= 15 is 0 Å². The summed E-state index contributed by atoms with van der Waals surface area (Å²) in [7, 11) is -3.93. The van der Waals surface area contributed by atoms with Crippen LogP contribution in [0.4, 0.5) is 17.1 Å². The first-order chi connectivity index (χ1) is 16.8. The lowest BCUT2D eigenvalue weighted by atomic mass is 10.1. The van der Waals surface area contributed by atoms with Crippen LogP contribution in [0.1, 0.15) is 22.8 Å². The smallest absolute Gasteiger partial charge is 0.337 e. The molecule has 0 aliphatic carbocycles. The second-order valence-electron chi connectivity index (χ2n) is 8.28. The highest BCUT2D eigenvalue weighted by molar-refractivity contribution is 7.92. The third kappa shape index (κ3) is 5.35. The molecule has 0 spiro atoms. The Morgan fingerprint density at radius 2 is 1.63 bits per heavy atom. The number of carboxylic acid groups (broad SMARTS) is 1. The van der Waals surface area contributed by atoms with Crippen LogP contribution >= 0.6 is 0 Å². The van der Waals surface area contributed by atoms with Gasteiger partial charge in [-0.15, -0.1) is 0 Å². The van der Waals surface area contributed by atoms with Gasteiger partial charge in [0.2, 0.25) is 0 Å². The van der Waals surface area contributed by atoms with Crippen molar-refractivity contribution in [3.8, 4) is 5.75 Å². The van der Waals surface area contributed by atoms with Crippen molar-refractivity contribution in [1.82, 2.24) is 0 Å². The fraction of sp³-hybridized carbons (Fsp3) is 0.269. The fourth-order valence-corrected chi connectivity index (χ4v) is 5.58. The molecule has 3 aromatic rings. The van der Waals surface area contributed by atoms with Crippen LogP contribution in [0, 0.1) is 6.92 Å². The number of aromatic carboxylic acids is 1. The molecule has 2 N–H and O–H groups in total. The molecule has 35 heavy (non-hydrogen) atoms. The van der Waals surface area contributed by atoms with Gasteiger partial charge in [-0.25, -0.2) is 13.2 Å². The molecule has 1 aliphatic heterocycles. The van der Waals surface area contributed by atoms with E-state index < -0.39 is 16.0 Å². The average molecular weight is 496 g/mol. The van der Waals surface area contributed by atoms with Crippen molar-refractivity contribution in [3.63, 3.8) is 0 Å². The number of carbonyl (C=O) groups is 1. The Morgan fingerprint density at radius 1 is 0.971 bits per heavy atom. The number of rotatable bonds is 8. The number of carboxylic acids is 1. The second-order valence-corrected chi connectivity index (χ2v) is 9.93. The largest absolute Gasteiger partial charge is 0.492 e. The van der Waals surface area contributed by atoms with Crippen LogP contribution < -0.4 is 19.3 Å². The zero-order valence-corrected chi connectivity index (χ0v) is 20.6. The van der Waals surface area contributed by atoms with Gasteiger partial charge in [-0.05, 0) is 55.8 Å². The maximum Gasteiger partial charge on any atom is 0.337 e. The minimum absolute atomic E-state index is 0.0359. The van der Waals surface area contributed by atoms with Gasteiger partial charge >= 0.3 is 5.97 Å². The van der Waals surface area contributed by atoms with Crippen molar-refractivity contribution in [2.24, 2.45) is 0 Å². The Kier molecular flexibility index (Phi) is 7.16. The van der Waals surface area contributed by atoms with Gasteiger partial charge in [0.25, 0.3) is 10.0 Å². The summed E-state index contributed by atoms with van der Waals surface area (Å²) >= 11 is 0. The highest BCUT2D eigenvalue weighted by Crippen LogP contribution is 2.31. The predicted molar refractivity (Wildman–Crippen MR) is 137 cm³/mol. The normalized spacial score (nSPS) is 14.0. The summed E-state index contributed by atoms with van der Waals surface area (Å²) in [6.45, 7) is 7.11. The van der Waals surface area contributed by atoms with Crippen LogP contribution in [0.2, 0.25) is 0 Å². The molecule has 0 saturated carbocycles. The van der Waals surface area contributed by atoms with E-state index in [1.807, 2.05) is 31.2 Å². The number of anilines is 3. The van der Waals surface area contributed by atoms with Gasteiger partial charge in [0.05, 0.1) is 28.4 Å². The third-order valence-electron chi connectivity index (χ3n) is 6.01. The average Bonchev–Trinajstić information content (AvgIpc) is 2.85. The minimum atomic E-state index is -3.93. The quantitative estimate of drug-likeness (QED) is 0.483. The van der Waals surface area contributed by atoms with Crippen LogP contribution in [0.3, 0.4) is 0 Å². The van der Waals surface area contributed by atoms with Gasteiger partial charge < -0.3 is 19.6 Å². The Hall–Kier alpha value is -3.72. The molecule has 0 bridgehead atoms. The zero-order chi connectivity index (χ0) is 25.0. The van der Waals surface area contributed by atoms with Crippen LogP contribution in [0.5, 0.6) is 5.75 Å². The zero-order valence-electron chi connectivity index (χ0n) is 19.8. The summed E-state index contributed by atoms with van der Waals surface area (Å²) in [6.07, 6.45) is 0. The van der Waals surface area contributed by atoms with E-state index in [0.29, 0.717) is 25.3 Å². The Labute approximate surface area is 205 Å². The molecule has 0 amide bonds. The third-order valence-corrected chi connectivity index (χ3v) is 7.54. The highest BCUT2D eigenvalue weighted by atomic mass is 32.2. The van der Waals surface area contributed by atoms with E-state index in [-0.39, 0.29) is 16.1 Å². The lowest BCUT2D eigenvalue weighted by Gasteiger charge is -2.38. The highest BCUT2D eigenvalue weighted by Gasteiger charge is 2.24. The Bertz CT molecular complexity index is 1320. The number of nitrogens with zero attached hydrogens (tertiary/aromatic N) is 2. The van der Waals surface area contributed by atoms with E-state index in [4.69, 9.17) is 4.74 Å². The molecular formula is C26H29N3O5S. The Morgan fingerprint density at radius 3 is 2.31 bits per heavy atom. The number of para-hydroxylation sites is 2. The van der Waals surface area contributed by atoms with Crippen molar-refractivity contribution < 1.29 is 23.1 Å². The molecule has 3 aromatic carbocycles. The topological polar surface area (TPSA) is 99.2 Å².